The molecule has 0 aliphatic carbocycles. The number of thioether (sulfide) groups is 1. The molecule has 1 atom stereocenters. The van der Waals surface area contributed by atoms with E-state index < -0.39 is 24.0 Å². The second-order valence-electron chi connectivity index (χ2n) is 6.17. The number of rotatable bonds is 10. The van der Waals surface area contributed by atoms with Crippen LogP contribution in [0.1, 0.15) is 19.4 Å². The molecule has 0 aromatic heterocycles. The topological polar surface area (TPSA) is 78.7 Å². The molecule has 31 heavy (non-hydrogen) atoms. The van der Waals surface area contributed by atoms with Gasteiger partial charge in [-0.2, -0.15) is 24.9 Å². The molecule has 0 amide bonds. The highest BCUT2D eigenvalue weighted by Crippen LogP contribution is 2.49. The predicted molar refractivity (Wildman–Crippen MR) is 116 cm³/mol. The lowest BCUT2D eigenvalue weighted by atomic mass is 10.2. The Morgan fingerprint density at radius 2 is 1.90 bits per heavy atom. The van der Waals surface area contributed by atoms with Crippen molar-refractivity contribution in [3.05, 3.63) is 57.1 Å². The molecule has 0 bridgehead atoms. The number of benzene rings is 2. The van der Waals surface area contributed by atoms with Crippen LogP contribution in [0.25, 0.3) is 0 Å². The standard InChI is InChI=1S/C19H20ClF3NO5PS/c1-3-30(27,28-9-10-31-4-2)18-12-14(6-7-16(18)24(25)26)29-17-8-5-13(11-15(17)20)19(21,22)23/h5-8,11-12H,3-4,9-10H2,1-2H3. The number of hydrogen-bond acceptors (Lipinski definition) is 6. The van der Waals surface area contributed by atoms with Crippen LogP contribution in [0, 0.1) is 10.1 Å². The molecule has 0 fully saturated rings. The van der Waals surface area contributed by atoms with E-state index in [9.17, 15) is 27.9 Å². The van der Waals surface area contributed by atoms with Crippen molar-refractivity contribution in [2.45, 2.75) is 20.0 Å². The lowest BCUT2D eigenvalue weighted by molar-refractivity contribution is -0.383. The number of halogens is 4. The molecular formula is C19H20ClF3NO5PS. The van der Waals surface area contributed by atoms with Crippen LogP contribution in [0.2, 0.25) is 5.02 Å². The van der Waals surface area contributed by atoms with Crippen LogP contribution < -0.4 is 10.0 Å². The summed E-state index contributed by atoms with van der Waals surface area (Å²) in [7, 11) is -3.57. The Bertz CT molecular complexity index is 990. The van der Waals surface area contributed by atoms with Crippen LogP contribution in [0.3, 0.4) is 0 Å². The Balaban J connectivity index is 2.39. The van der Waals surface area contributed by atoms with E-state index in [1.54, 1.807) is 18.7 Å². The maximum atomic E-state index is 13.4. The fourth-order valence-electron chi connectivity index (χ4n) is 2.60. The molecule has 0 aliphatic rings. The summed E-state index contributed by atoms with van der Waals surface area (Å²) in [6.45, 7) is 3.70. The highest BCUT2D eigenvalue weighted by molar-refractivity contribution is 7.99. The van der Waals surface area contributed by atoms with E-state index in [0.29, 0.717) is 11.8 Å². The average Bonchev–Trinajstić information content (AvgIpc) is 2.71. The first-order valence-electron chi connectivity index (χ1n) is 9.16. The molecular weight excluding hydrogens is 478 g/mol. The van der Waals surface area contributed by atoms with E-state index >= 15 is 0 Å². The largest absolute Gasteiger partial charge is 0.456 e. The predicted octanol–water partition coefficient (Wildman–Crippen LogP) is 6.75. The van der Waals surface area contributed by atoms with E-state index in [1.165, 1.54) is 12.1 Å². The summed E-state index contributed by atoms with van der Waals surface area (Å²) in [4.78, 5) is 10.8. The number of hydrogen-bond donors (Lipinski definition) is 0. The summed E-state index contributed by atoms with van der Waals surface area (Å²) in [5.74, 6) is 1.37. The van der Waals surface area contributed by atoms with Gasteiger partial charge in [-0.3, -0.25) is 14.7 Å². The van der Waals surface area contributed by atoms with Gasteiger partial charge in [-0.25, -0.2) is 0 Å². The van der Waals surface area contributed by atoms with Crippen LogP contribution in [0.5, 0.6) is 11.5 Å². The third-order valence-corrected chi connectivity index (χ3v) is 7.83. The molecule has 170 valence electrons. The van der Waals surface area contributed by atoms with Gasteiger partial charge in [0.1, 0.15) is 16.8 Å². The van der Waals surface area contributed by atoms with E-state index in [2.05, 4.69) is 0 Å². The number of ether oxygens (including phenoxy) is 1. The van der Waals surface area contributed by atoms with Gasteiger partial charge in [-0.1, -0.05) is 25.4 Å². The number of alkyl halides is 3. The summed E-state index contributed by atoms with van der Waals surface area (Å²) in [5, 5.41) is 11.1. The maximum absolute atomic E-state index is 13.4. The Kier molecular flexibility index (Phi) is 8.83. The van der Waals surface area contributed by atoms with Gasteiger partial charge in [0.15, 0.2) is 0 Å². The SMILES string of the molecule is CCSCCOP(=O)(CC)c1cc(Oc2ccc(C(F)(F)F)cc2Cl)ccc1[N+](=O)[O-]. The van der Waals surface area contributed by atoms with E-state index in [4.69, 9.17) is 20.9 Å². The summed E-state index contributed by atoms with van der Waals surface area (Å²) in [6, 6.07) is 6.15. The Morgan fingerprint density at radius 3 is 2.45 bits per heavy atom. The zero-order valence-corrected chi connectivity index (χ0v) is 19.1. The van der Waals surface area contributed by atoms with E-state index in [1.807, 2.05) is 6.92 Å². The van der Waals surface area contributed by atoms with Gasteiger partial charge in [0.05, 0.1) is 22.1 Å². The fourth-order valence-corrected chi connectivity index (χ4v) is 5.31. The van der Waals surface area contributed by atoms with Crippen LogP contribution in [0.15, 0.2) is 36.4 Å². The monoisotopic (exact) mass is 497 g/mol. The molecule has 0 heterocycles. The van der Waals surface area contributed by atoms with Crippen molar-refractivity contribution in [1.29, 1.82) is 0 Å². The third kappa shape index (κ3) is 6.62. The van der Waals surface area contributed by atoms with Crippen molar-refractivity contribution in [1.82, 2.24) is 0 Å². The van der Waals surface area contributed by atoms with Gasteiger partial charge in [0.2, 0.25) is 7.37 Å². The van der Waals surface area contributed by atoms with Crippen molar-refractivity contribution < 1.29 is 31.9 Å². The Morgan fingerprint density at radius 1 is 1.19 bits per heavy atom. The Labute approximate surface area is 186 Å². The van der Waals surface area contributed by atoms with Crippen molar-refractivity contribution in [2.75, 3.05) is 24.3 Å². The van der Waals surface area contributed by atoms with Crippen LogP contribution in [-0.2, 0) is 15.3 Å². The summed E-state index contributed by atoms with van der Waals surface area (Å²) >= 11 is 7.48. The molecule has 12 heteroatoms. The van der Waals surface area contributed by atoms with Crippen molar-refractivity contribution in [3.8, 4) is 11.5 Å². The second kappa shape index (κ2) is 10.7. The van der Waals surface area contributed by atoms with Crippen LogP contribution in [0.4, 0.5) is 18.9 Å². The number of nitro benzene ring substituents is 1. The number of nitro groups is 1. The molecule has 0 radical (unpaired) electrons. The third-order valence-electron chi connectivity index (χ3n) is 4.15. The average molecular weight is 498 g/mol. The molecule has 0 aliphatic heterocycles. The molecule has 0 saturated heterocycles. The van der Waals surface area contributed by atoms with Gasteiger partial charge >= 0.3 is 6.18 Å². The minimum absolute atomic E-state index is 0.0229. The first kappa shape index (κ1) is 25.5. The molecule has 2 rings (SSSR count). The molecule has 0 spiro atoms. The fraction of sp³-hybridized carbons (Fsp3) is 0.368. The molecule has 6 nitrogen and oxygen atoms in total. The highest BCUT2D eigenvalue weighted by atomic mass is 35.5. The number of nitrogens with zero attached hydrogens (tertiary/aromatic N) is 1. The van der Waals surface area contributed by atoms with Crippen molar-refractivity contribution in [2.24, 2.45) is 0 Å². The zero-order chi connectivity index (χ0) is 23.2. The molecule has 0 N–H and O–H groups in total. The van der Waals surface area contributed by atoms with Crippen LogP contribution in [-0.4, -0.2) is 29.2 Å². The van der Waals surface area contributed by atoms with Gasteiger partial charge in [0.25, 0.3) is 5.69 Å². The minimum atomic E-state index is -4.57. The first-order chi connectivity index (χ1) is 14.5. The zero-order valence-electron chi connectivity index (χ0n) is 16.6. The Hall–Kier alpha value is -1.74. The van der Waals surface area contributed by atoms with E-state index in [-0.39, 0.29) is 40.3 Å². The van der Waals surface area contributed by atoms with Gasteiger partial charge in [-0.05, 0) is 30.0 Å². The summed E-state index contributed by atoms with van der Waals surface area (Å²) in [5.41, 5.74) is -1.33. The quantitative estimate of drug-likeness (QED) is 0.156. The van der Waals surface area contributed by atoms with Crippen molar-refractivity contribution >= 4 is 41.7 Å². The minimum Gasteiger partial charge on any atom is -0.456 e. The molecule has 2 aromatic rings. The second-order valence-corrected chi connectivity index (χ2v) is 10.7. The van der Waals surface area contributed by atoms with Gasteiger partial charge in [-0.15, -0.1) is 0 Å². The van der Waals surface area contributed by atoms with Crippen molar-refractivity contribution in [3.63, 3.8) is 0 Å². The summed E-state index contributed by atoms with van der Waals surface area (Å²) in [6.07, 6.45) is -4.54. The highest BCUT2D eigenvalue weighted by Gasteiger charge is 2.33. The molecule has 1 unspecified atom stereocenters. The maximum Gasteiger partial charge on any atom is 0.416 e. The molecule has 2 aromatic carbocycles. The summed E-state index contributed by atoms with van der Waals surface area (Å²) < 4.78 is 62.9. The van der Waals surface area contributed by atoms with E-state index in [0.717, 1.165) is 24.0 Å². The lowest BCUT2D eigenvalue weighted by Gasteiger charge is -2.18. The first-order valence-corrected chi connectivity index (χ1v) is 12.5. The normalized spacial score (nSPS) is 13.6. The smallest absolute Gasteiger partial charge is 0.416 e. The molecule has 0 saturated carbocycles. The van der Waals surface area contributed by atoms with Gasteiger partial charge < -0.3 is 9.26 Å². The lowest BCUT2D eigenvalue weighted by Crippen LogP contribution is -2.15. The van der Waals surface area contributed by atoms with Crippen LogP contribution >= 0.6 is 30.7 Å². The van der Waals surface area contributed by atoms with Gasteiger partial charge in [0, 0.05) is 24.0 Å².